The van der Waals surface area contributed by atoms with Gasteiger partial charge in [0.2, 0.25) is 0 Å². The topological polar surface area (TPSA) is 20.3 Å². The van der Waals surface area contributed by atoms with Gasteiger partial charge in [-0.15, -0.1) is 11.6 Å². The monoisotopic (exact) mass is 377 g/mol. The number of amides is 1. The highest BCUT2D eigenvalue weighted by molar-refractivity contribution is 14.1. The van der Waals surface area contributed by atoms with Crippen molar-refractivity contribution < 1.29 is 4.79 Å². The standard InChI is InChI=1S/C14H17ClINO/c15-8-2-6-13-7-3-9-17(13)14(18)11-4-1-5-12(16)10-11/h1,4-5,10,13H,2-3,6-9H2. The molecule has 0 N–H and O–H groups in total. The average molecular weight is 378 g/mol. The van der Waals surface area contributed by atoms with E-state index in [1.54, 1.807) is 0 Å². The molecule has 1 aliphatic rings. The van der Waals surface area contributed by atoms with Crippen molar-refractivity contribution in [2.45, 2.75) is 31.7 Å². The molecule has 2 nitrogen and oxygen atoms in total. The van der Waals surface area contributed by atoms with Crippen molar-refractivity contribution in [1.82, 2.24) is 4.90 Å². The number of rotatable bonds is 4. The number of likely N-dealkylation sites (tertiary alicyclic amines) is 1. The molecule has 0 spiro atoms. The molecular weight excluding hydrogens is 361 g/mol. The fourth-order valence-electron chi connectivity index (χ4n) is 2.50. The molecule has 1 saturated heterocycles. The maximum absolute atomic E-state index is 12.5. The maximum Gasteiger partial charge on any atom is 0.254 e. The molecule has 0 aliphatic carbocycles. The minimum atomic E-state index is 0.172. The molecule has 1 amide bonds. The van der Waals surface area contributed by atoms with E-state index in [-0.39, 0.29) is 5.91 Å². The van der Waals surface area contributed by atoms with Crippen LogP contribution in [0.15, 0.2) is 24.3 Å². The average Bonchev–Trinajstić information content (AvgIpc) is 2.83. The second-order valence-corrected chi connectivity index (χ2v) is 6.26. The predicted octanol–water partition coefficient (Wildman–Crippen LogP) is 3.91. The molecule has 2 rings (SSSR count). The van der Waals surface area contributed by atoms with Gasteiger partial charge in [0.1, 0.15) is 0 Å². The first-order valence-electron chi connectivity index (χ1n) is 6.35. The number of benzene rings is 1. The Hall–Kier alpha value is -0.290. The Morgan fingerprint density at radius 1 is 1.50 bits per heavy atom. The van der Waals surface area contributed by atoms with Crippen molar-refractivity contribution in [2.75, 3.05) is 12.4 Å². The van der Waals surface area contributed by atoms with Gasteiger partial charge in [0.05, 0.1) is 0 Å². The maximum atomic E-state index is 12.5. The summed E-state index contributed by atoms with van der Waals surface area (Å²) in [6.07, 6.45) is 4.25. The third-order valence-corrected chi connectivity index (χ3v) is 4.32. The van der Waals surface area contributed by atoms with Crippen LogP contribution >= 0.6 is 34.2 Å². The third-order valence-electron chi connectivity index (χ3n) is 3.38. The van der Waals surface area contributed by atoms with Gasteiger partial charge in [0, 0.05) is 27.6 Å². The third kappa shape index (κ3) is 3.38. The molecule has 1 heterocycles. The highest BCUT2D eigenvalue weighted by Gasteiger charge is 2.28. The zero-order valence-corrected chi connectivity index (χ0v) is 13.2. The second-order valence-electron chi connectivity index (χ2n) is 4.64. The van der Waals surface area contributed by atoms with Gasteiger partial charge in [-0.25, -0.2) is 0 Å². The van der Waals surface area contributed by atoms with Crippen LogP contribution in [0, 0.1) is 3.57 Å². The van der Waals surface area contributed by atoms with E-state index in [4.69, 9.17) is 11.6 Å². The smallest absolute Gasteiger partial charge is 0.254 e. The lowest BCUT2D eigenvalue weighted by molar-refractivity contribution is 0.0730. The fraction of sp³-hybridized carbons (Fsp3) is 0.500. The van der Waals surface area contributed by atoms with Crippen LogP contribution in [0.2, 0.25) is 0 Å². The molecule has 18 heavy (non-hydrogen) atoms. The van der Waals surface area contributed by atoms with E-state index in [1.807, 2.05) is 29.2 Å². The van der Waals surface area contributed by atoms with Gasteiger partial charge in [-0.3, -0.25) is 4.79 Å². The van der Waals surface area contributed by atoms with Crippen LogP contribution in [0.5, 0.6) is 0 Å². The number of carbonyl (C=O) groups is 1. The Labute approximate surface area is 127 Å². The number of carbonyl (C=O) groups excluding carboxylic acids is 1. The van der Waals surface area contributed by atoms with Gasteiger partial charge in [0.15, 0.2) is 0 Å². The van der Waals surface area contributed by atoms with Gasteiger partial charge >= 0.3 is 0 Å². The largest absolute Gasteiger partial charge is 0.336 e. The molecular formula is C14H17ClINO. The highest BCUT2D eigenvalue weighted by Crippen LogP contribution is 2.24. The summed E-state index contributed by atoms with van der Waals surface area (Å²) < 4.78 is 1.11. The summed E-state index contributed by atoms with van der Waals surface area (Å²) in [6.45, 7) is 0.886. The summed E-state index contributed by atoms with van der Waals surface area (Å²) in [5, 5.41) is 0. The van der Waals surface area contributed by atoms with Gasteiger partial charge in [-0.2, -0.15) is 0 Å². The molecule has 0 bridgehead atoms. The molecule has 0 radical (unpaired) electrons. The van der Waals surface area contributed by atoms with Crippen LogP contribution in [0.4, 0.5) is 0 Å². The first-order chi connectivity index (χ1) is 8.72. The Bertz CT molecular complexity index is 424. The molecule has 1 atom stereocenters. The molecule has 0 aromatic heterocycles. The number of hydrogen-bond acceptors (Lipinski definition) is 1. The first kappa shape index (κ1) is 14.1. The van der Waals surface area contributed by atoms with Crippen LogP contribution in [0.25, 0.3) is 0 Å². The first-order valence-corrected chi connectivity index (χ1v) is 7.96. The molecule has 1 aliphatic heterocycles. The number of alkyl halides is 1. The minimum absolute atomic E-state index is 0.172. The molecule has 1 aromatic rings. The fourth-order valence-corrected chi connectivity index (χ4v) is 3.20. The van der Waals surface area contributed by atoms with E-state index < -0.39 is 0 Å². The summed E-state index contributed by atoms with van der Waals surface area (Å²) in [4.78, 5) is 14.5. The Balaban J connectivity index is 2.08. The Morgan fingerprint density at radius 2 is 2.33 bits per heavy atom. The van der Waals surface area contributed by atoms with Gasteiger partial charge in [-0.05, 0) is 66.5 Å². The van der Waals surface area contributed by atoms with E-state index in [2.05, 4.69) is 22.6 Å². The van der Waals surface area contributed by atoms with E-state index in [0.717, 1.165) is 41.4 Å². The van der Waals surface area contributed by atoms with E-state index >= 15 is 0 Å². The summed E-state index contributed by atoms with van der Waals surface area (Å²) >= 11 is 7.98. The molecule has 0 saturated carbocycles. The molecule has 1 fully saturated rings. The summed E-state index contributed by atoms with van der Waals surface area (Å²) in [6, 6.07) is 8.20. The lowest BCUT2D eigenvalue weighted by Gasteiger charge is -2.24. The van der Waals surface area contributed by atoms with Crippen molar-refractivity contribution >= 4 is 40.1 Å². The molecule has 98 valence electrons. The highest BCUT2D eigenvalue weighted by atomic mass is 127. The lowest BCUT2D eigenvalue weighted by Crippen LogP contribution is -2.35. The van der Waals surface area contributed by atoms with Crippen molar-refractivity contribution in [3.63, 3.8) is 0 Å². The van der Waals surface area contributed by atoms with Gasteiger partial charge in [-0.1, -0.05) is 6.07 Å². The predicted molar refractivity (Wildman–Crippen MR) is 83.2 cm³/mol. The van der Waals surface area contributed by atoms with Crippen molar-refractivity contribution in [1.29, 1.82) is 0 Å². The van der Waals surface area contributed by atoms with Crippen molar-refractivity contribution in [2.24, 2.45) is 0 Å². The zero-order valence-electron chi connectivity index (χ0n) is 10.2. The summed E-state index contributed by atoms with van der Waals surface area (Å²) in [5.74, 6) is 0.854. The molecule has 1 aromatic carbocycles. The number of halogens is 2. The van der Waals surface area contributed by atoms with Crippen LogP contribution < -0.4 is 0 Å². The SMILES string of the molecule is O=C(c1cccc(I)c1)N1CCCC1CCCCl. The van der Waals surface area contributed by atoms with E-state index in [9.17, 15) is 4.79 Å². The van der Waals surface area contributed by atoms with E-state index in [0.29, 0.717) is 11.9 Å². The minimum Gasteiger partial charge on any atom is -0.336 e. The van der Waals surface area contributed by atoms with Gasteiger partial charge in [0.25, 0.3) is 5.91 Å². The normalized spacial score (nSPS) is 19.2. The van der Waals surface area contributed by atoms with Gasteiger partial charge < -0.3 is 4.90 Å². The Morgan fingerprint density at radius 3 is 3.06 bits per heavy atom. The van der Waals surface area contributed by atoms with Crippen LogP contribution in [0.3, 0.4) is 0 Å². The van der Waals surface area contributed by atoms with Crippen molar-refractivity contribution in [3.8, 4) is 0 Å². The number of hydrogen-bond donors (Lipinski definition) is 0. The van der Waals surface area contributed by atoms with Crippen molar-refractivity contribution in [3.05, 3.63) is 33.4 Å². The number of nitrogens with zero attached hydrogens (tertiary/aromatic N) is 1. The molecule has 1 unspecified atom stereocenters. The second kappa shape index (κ2) is 6.75. The summed E-state index contributed by atoms with van der Waals surface area (Å²) in [5.41, 5.74) is 0.805. The molecule has 4 heteroatoms. The summed E-state index contributed by atoms with van der Waals surface area (Å²) in [7, 11) is 0. The van der Waals surface area contributed by atoms with Crippen LogP contribution in [-0.2, 0) is 0 Å². The zero-order chi connectivity index (χ0) is 13.0. The quantitative estimate of drug-likeness (QED) is 0.575. The van der Waals surface area contributed by atoms with E-state index in [1.165, 1.54) is 0 Å². The lowest BCUT2D eigenvalue weighted by atomic mass is 10.1. The van der Waals surface area contributed by atoms with Crippen LogP contribution in [0.1, 0.15) is 36.0 Å². The van der Waals surface area contributed by atoms with Crippen LogP contribution in [-0.4, -0.2) is 29.3 Å². The Kier molecular flexibility index (Phi) is 5.30.